The zero-order valence-electron chi connectivity index (χ0n) is 7.94. The van der Waals surface area contributed by atoms with Crippen molar-refractivity contribution in [3.05, 3.63) is 53.9 Å². The third kappa shape index (κ3) is 2.05. The van der Waals surface area contributed by atoms with E-state index in [-0.39, 0.29) is 0 Å². The van der Waals surface area contributed by atoms with Gasteiger partial charge in [0.25, 0.3) is 0 Å². The smallest absolute Gasteiger partial charge is 0.128 e. The van der Waals surface area contributed by atoms with Gasteiger partial charge in [-0.2, -0.15) is 0 Å². The fourth-order valence-electron chi connectivity index (χ4n) is 1.57. The Morgan fingerprint density at radius 1 is 1.14 bits per heavy atom. The molecule has 2 rings (SSSR count). The highest BCUT2D eigenvalue weighted by Gasteiger charge is 2.09. The van der Waals surface area contributed by atoms with E-state index in [4.69, 9.17) is 0 Å². The molecule has 0 bridgehead atoms. The summed E-state index contributed by atoms with van der Waals surface area (Å²) in [6.07, 6.45) is 8.09. The molecule has 1 aliphatic carbocycles. The molecule has 2 heteroatoms. The van der Waals surface area contributed by atoms with E-state index in [0.29, 0.717) is 0 Å². The molecule has 0 aromatic heterocycles. The quantitative estimate of drug-likeness (QED) is 0.676. The van der Waals surface area contributed by atoms with Crippen LogP contribution in [0.3, 0.4) is 0 Å². The molecule has 1 aromatic rings. The van der Waals surface area contributed by atoms with Gasteiger partial charge in [0, 0.05) is 5.30 Å². The summed E-state index contributed by atoms with van der Waals surface area (Å²) >= 11 is 0. The predicted molar refractivity (Wildman–Crippen MR) is 61.5 cm³/mol. The molecular formula is C12H13OP. The van der Waals surface area contributed by atoms with Gasteiger partial charge in [0.2, 0.25) is 0 Å². The summed E-state index contributed by atoms with van der Waals surface area (Å²) in [5.41, 5.74) is 0. The number of hydrogen-bond acceptors (Lipinski definition) is 1. The summed E-state index contributed by atoms with van der Waals surface area (Å²) in [5, 5.41) is 2.07. The third-order valence-electron chi connectivity index (χ3n) is 2.34. The molecule has 1 aliphatic rings. The highest BCUT2D eigenvalue weighted by molar-refractivity contribution is 7.57. The summed E-state index contributed by atoms with van der Waals surface area (Å²) in [4.78, 5) is 0. The Kier molecular flexibility index (Phi) is 3.00. The van der Waals surface area contributed by atoms with E-state index < -0.39 is 7.80 Å². The molecule has 0 radical (unpaired) electrons. The normalized spacial score (nSPS) is 17.6. The van der Waals surface area contributed by atoms with Crippen molar-refractivity contribution >= 4 is 13.1 Å². The third-order valence-corrected chi connectivity index (χ3v) is 4.20. The zero-order chi connectivity index (χ0) is 9.80. The molecule has 1 nitrogen and oxygen atoms in total. The van der Waals surface area contributed by atoms with E-state index >= 15 is 0 Å². The first-order valence-corrected chi connectivity index (χ1v) is 6.24. The van der Waals surface area contributed by atoms with Crippen molar-refractivity contribution in [1.29, 1.82) is 0 Å². The summed E-state index contributed by atoms with van der Waals surface area (Å²) in [6.45, 7) is 0. The molecule has 72 valence electrons. The van der Waals surface area contributed by atoms with Crippen LogP contribution in [-0.4, -0.2) is 0 Å². The summed E-state index contributed by atoms with van der Waals surface area (Å²) in [5.74, 6) is 0. The number of rotatable bonds is 2. The second kappa shape index (κ2) is 4.43. The van der Waals surface area contributed by atoms with Gasteiger partial charge < -0.3 is 4.57 Å². The lowest BCUT2D eigenvalue weighted by Crippen LogP contribution is -1.96. The molecule has 1 aromatic carbocycles. The summed E-state index contributed by atoms with van der Waals surface area (Å²) < 4.78 is 12.1. The van der Waals surface area contributed by atoms with E-state index in [1.54, 1.807) is 0 Å². The van der Waals surface area contributed by atoms with Crippen molar-refractivity contribution in [3.8, 4) is 0 Å². The molecule has 0 aliphatic heterocycles. The number of hydrogen-bond donors (Lipinski definition) is 0. The Morgan fingerprint density at radius 2 is 1.93 bits per heavy atom. The van der Waals surface area contributed by atoms with Crippen LogP contribution in [0.2, 0.25) is 0 Å². The maximum atomic E-state index is 12.1. The van der Waals surface area contributed by atoms with Crippen LogP contribution in [0, 0.1) is 0 Å². The van der Waals surface area contributed by atoms with E-state index in [0.717, 1.165) is 23.5 Å². The first-order valence-electron chi connectivity index (χ1n) is 4.83. The zero-order valence-corrected chi connectivity index (χ0v) is 8.94. The fraction of sp³-hybridized carbons (Fsp3) is 0.167. The Morgan fingerprint density at radius 3 is 2.57 bits per heavy atom. The minimum Gasteiger partial charge on any atom is -0.317 e. The molecule has 0 spiro atoms. The standard InChI is InChI=1S/C12H13OP/c13-14(11-7-3-1-4-8-11)12-9-5-2-6-10-12/h1-5,7-9,14H,6,10H2. The second-order valence-corrected chi connectivity index (χ2v) is 5.23. The highest BCUT2D eigenvalue weighted by Crippen LogP contribution is 2.36. The van der Waals surface area contributed by atoms with Crippen molar-refractivity contribution < 1.29 is 4.57 Å². The van der Waals surface area contributed by atoms with Crippen LogP contribution in [0.1, 0.15) is 12.8 Å². The largest absolute Gasteiger partial charge is 0.317 e. The molecule has 0 amide bonds. The monoisotopic (exact) mass is 204 g/mol. The lowest BCUT2D eigenvalue weighted by Gasteiger charge is -2.08. The minimum absolute atomic E-state index is 0.948. The molecule has 1 atom stereocenters. The molecule has 0 heterocycles. The maximum Gasteiger partial charge on any atom is 0.128 e. The van der Waals surface area contributed by atoms with Gasteiger partial charge in [0.1, 0.15) is 7.80 Å². The van der Waals surface area contributed by atoms with Crippen LogP contribution in [-0.2, 0) is 4.57 Å². The molecule has 14 heavy (non-hydrogen) atoms. The van der Waals surface area contributed by atoms with Gasteiger partial charge in [0.15, 0.2) is 0 Å². The SMILES string of the molecule is O=[PH](C1=CC=CCC1)c1ccccc1. The van der Waals surface area contributed by atoms with Gasteiger partial charge in [-0.3, -0.25) is 0 Å². The Hall–Kier alpha value is -1.07. The van der Waals surface area contributed by atoms with Gasteiger partial charge in [-0.05, 0) is 18.2 Å². The molecule has 0 saturated heterocycles. The Bertz CT molecular complexity index is 390. The van der Waals surface area contributed by atoms with E-state index in [1.165, 1.54) is 0 Å². The van der Waals surface area contributed by atoms with Crippen LogP contribution >= 0.6 is 7.80 Å². The molecule has 0 saturated carbocycles. The first-order chi connectivity index (χ1) is 6.88. The average molecular weight is 204 g/mol. The second-order valence-electron chi connectivity index (χ2n) is 3.35. The van der Waals surface area contributed by atoms with Gasteiger partial charge in [-0.15, -0.1) is 0 Å². The average Bonchev–Trinajstić information content (AvgIpc) is 2.30. The van der Waals surface area contributed by atoms with Crippen molar-refractivity contribution in [1.82, 2.24) is 0 Å². The van der Waals surface area contributed by atoms with Gasteiger partial charge in [0.05, 0.1) is 0 Å². The van der Waals surface area contributed by atoms with Crippen LogP contribution in [0.5, 0.6) is 0 Å². The van der Waals surface area contributed by atoms with Crippen LogP contribution in [0.4, 0.5) is 0 Å². The molecule has 1 unspecified atom stereocenters. The van der Waals surface area contributed by atoms with Crippen LogP contribution < -0.4 is 5.30 Å². The summed E-state index contributed by atoms with van der Waals surface area (Å²) in [6, 6.07) is 9.73. The van der Waals surface area contributed by atoms with Crippen molar-refractivity contribution in [2.45, 2.75) is 12.8 Å². The van der Waals surface area contributed by atoms with Gasteiger partial charge >= 0.3 is 0 Å². The van der Waals surface area contributed by atoms with Crippen LogP contribution in [0.15, 0.2) is 53.9 Å². The van der Waals surface area contributed by atoms with E-state index in [9.17, 15) is 4.57 Å². The Labute approximate surface area is 84.9 Å². The van der Waals surface area contributed by atoms with Crippen molar-refractivity contribution in [2.75, 3.05) is 0 Å². The van der Waals surface area contributed by atoms with E-state index in [2.05, 4.69) is 6.08 Å². The maximum absolute atomic E-state index is 12.1. The van der Waals surface area contributed by atoms with E-state index in [1.807, 2.05) is 42.5 Å². The lowest BCUT2D eigenvalue weighted by atomic mass is 10.2. The highest BCUT2D eigenvalue weighted by atomic mass is 31.1. The number of benzene rings is 1. The number of allylic oxidation sites excluding steroid dienone is 4. The van der Waals surface area contributed by atoms with Crippen LogP contribution in [0.25, 0.3) is 0 Å². The predicted octanol–water partition coefficient (Wildman–Crippen LogP) is 3.11. The summed E-state index contributed by atoms with van der Waals surface area (Å²) in [7, 11) is -1.71. The van der Waals surface area contributed by atoms with Gasteiger partial charge in [-0.25, -0.2) is 0 Å². The topological polar surface area (TPSA) is 17.1 Å². The van der Waals surface area contributed by atoms with Gasteiger partial charge in [-0.1, -0.05) is 48.6 Å². The fourth-order valence-corrected chi connectivity index (χ4v) is 3.05. The lowest BCUT2D eigenvalue weighted by molar-refractivity contribution is 0.595. The molecule has 0 N–H and O–H groups in total. The van der Waals surface area contributed by atoms with Crippen molar-refractivity contribution in [2.24, 2.45) is 0 Å². The molecule has 0 fully saturated rings. The minimum atomic E-state index is -1.71. The first kappa shape index (κ1) is 9.48. The Balaban J connectivity index is 2.24. The molecular weight excluding hydrogens is 191 g/mol. The van der Waals surface area contributed by atoms with Crippen molar-refractivity contribution in [3.63, 3.8) is 0 Å².